The molecule has 0 spiro atoms. The van der Waals surface area contributed by atoms with Crippen LogP contribution in [0, 0.1) is 10.1 Å². The van der Waals surface area contributed by atoms with Crippen LogP contribution in [-0.4, -0.2) is 12.0 Å². The molecule has 2 N–H and O–H groups in total. The Morgan fingerprint density at radius 1 is 1.62 bits per heavy atom. The van der Waals surface area contributed by atoms with E-state index in [2.05, 4.69) is 23.4 Å². The second-order valence-electron chi connectivity index (χ2n) is 2.01. The third-order valence-corrected chi connectivity index (χ3v) is 1.32. The monoisotopic (exact) mass is 202 g/mol. The summed E-state index contributed by atoms with van der Waals surface area (Å²) >= 11 is 3.94. The molecule has 0 aliphatic heterocycles. The number of hydrogen-bond donors (Lipinski definition) is 2. The van der Waals surface area contributed by atoms with Gasteiger partial charge in [-0.2, -0.15) is 0 Å². The molecule has 0 saturated carbocycles. The second kappa shape index (κ2) is 6.41. The molecule has 0 unspecified atom stereocenters. The number of hydrogen-bond acceptors (Lipinski definition) is 5. The van der Waals surface area contributed by atoms with Gasteiger partial charge in [-0.3, -0.25) is 10.1 Å². The quantitative estimate of drug-likeness (QED) is 0.410. The topological polar surface area (TPSA) is 78.4 Å². The lowest BCUT2D eigenvalue weighted by Crippen LogP contribution is -1.86. The van der Waals surface area contributed by atoms with Crippen molar-refractivity contribution in [1.82, 2.24) is 0 Å². The zero-order valence-electron chi connectivity index (χ0n) is 7.01. The van der Waals surface area contributed by atoms with E-state index >= 15 is 0 Å². The number of nitrogens with two attached hydrogens (primary N) is 1. The molecule has 0 saturated heterocycles. The molecule has 13 heavy (non-hydrogen) atoms. The summed E-state index contributed by atoms with van der Waals surface area (Å²) in [4.78, 5) is 14.0. The third-order valence-electron chi connectivity index (χ3n) is 1.04. The highest BCUT2D eigenvalue weighted by Crippen LogP contribution is 2.14. The van der Waals surface area contributed by atoms with Gasteiger partial charge in [0.15, 0.2) is 0 Å². The Morgan fingerprint density at radius 2 is 2.15 bits per heavy atom. The Bertz CT molecular complexity index is 280. The summed E-state index contributed by atoms with van der Waals surface area (Å²) in [5, 5.41) is 10.1. The van der Waals surface area contributed by atoms with E-state index in [1.54, 1.807) is 12.1 Å². The largest absolute Gasteiger partial charge is 0.308 e. The highest BCUT2D eigenvalue weighted by atomic mass is 32.1. The van der Waals surface area contributed by atoms with Gasteiger partial charge in [0, 0.05) is 17.0 Å². The molecular weight excluding hydrogens is 192 g/mol. The Kier molecular flexibility index (Phi) is 5.86. The fourth-order valence-corrected chi connectivity index (χ4v) is 0.825. The van der Waals surface area contributed by atoms with Crippen molar-refractivity contribution in [3.8, 4) is 0 Å². The first-order valence-corrected chi connectivity index (χ1v) is 3.72. The zero-order valence-corrected chi connectivity index (χ0v) is 7.90. The van der Waals surface area contributed by atoms with Crippen molar-refractivity contribution in [3.63, 3.8) is 0 Å². The summed E-state index contributed by atoms with van der Waals surface area (Å²) in [6, 6.07) is 6.12. The van der Waals surface area contributed by atoms with Crippen LogP contribution in [0.1, 0.15) is 0 Å². The maximum Gasteiger partial charge on any atom is 0.270 e. The standard InChI is InChI=1S/C6H5NO2S.CH5NO/c8-7(9)5-2-1-3-6(10)4-5;1-3-2/h1-4,10H;2H2,1H3. The summed E-state index contributed by atoms with van der Waals surface area (Å²) < 4.78 is 0. The van der Waals surface area contributed by atoms with Crippen molar-refractivity contribution in [3.05, 3.63) is 34.4 Å². The molecule has 0 aliphatic rings. The number of nitrogens with zero attached hydrogens (tertiary/aromatic N) is 1. The minimum absolute atomic E-state index is 0.0764. The van der Waals surface area contributed by atoms with Gasteiger partial charge in [-0.05, 0) is 6.07 Å². The fourth-order valence-electron chi connectivity index (χ4n) is 0.607. The van der Waals surface area contributed by atoms with E-state index in [1.165, 1.54) is 19.2 Å². The van der Waals surface area contributed by atoms with Crippen molar-refractivity contribution < 1.29 is 9.76 Å². The van der Waals surface area contributed by atoms with Crippen molar-refractivity contribution in [2.24, 2.45) is 5.90 Å². The summed E-state index contributed by atoms with van der Waals surface area (Å²) in [6.45, 7) is 0. The van der Waals surface area contributed by atoms with E-state index in [0.29, 0.717) is 4.90 Å². The summed E-state index contributed by atoms with van der Waals surface area (Å²) in [5.41, 5.74) is 0.0764. The number of thiol groups is 1. The Hall–Kier alpha value is -1.11. The van der Waals surface area contributed by atoms with Gasteiger partial charge in [0.2, 0.25) is 0 Å². The normalized spacial score (nSPS) is 8.54. The van der Waals surface area contributed by atoms with Crippen LogP contribution in [0.3, 0.4) is 0 Å². The number of nitro groups is 1. The Morgan fingerprint density at radius 3 is 2.46 bits per heavy atom. The van der Waals surface area contributed by atoms with Crippen molar-refractivity contribution in [1.29, 1.82) is 0 Å². The lowest BCUT2D eigenvalue weighted by atomic mass is 10.3. The van der Waals surface area contributed by atoms with Crippen LogP contribution in [-0.2, 0) is 4.84 Å². The zero-order chi connectivity index (χ0) is 10.3. The van der Waals surface area contributed by atoms with Crippen molar-refractivity contribution in [2.45, 2.75) is 4.90 Å². The predicted octanol–water partition coefficient (Wildman–Crippen LogP) is 1.39. The van der Waals surface area contributed by atoms with E-state index in [0.717, 1.165) is 0 Å². The first-order valence-electron chi connectivity index (χ1n) is 3.28. The van der Waals surface area contributed by atoms with Gasteiger partial charge >= 0.3 is 0 Å². The Labute approximate surface area is 81.0 Å². The van der Waals surface area contributed by atoms with E-state index in [4.69, 9.17) is 0 Å². The van der Waals surface area contributed by atoms with Crippen LogP contribution in [0.25, 0.3) is 0 Å². The molecule has 1 aromatic rings. The van der Waals surface area contributed by atoms with Crippen LogP contribution >= 0.6 is 12.6 Å². The summed E-state index contributed by atoms with van der Waals surface area (Å²) in [6.07, 6.45) is 0. The average molecular weight is 202 g/mol. The molecule has 0 amide bonds. The van der Waals surface area contributed by atoms with Gasteiger partial charge in [-0.15, -0.1) is 12.6 Å². The molecule has 1 aromatic carbocycles. The minimum Gasteiger partial charge on any atom is -0.308 e. The molecule has 5 nitrogen and oxygen atoms in total. The average Bonchev–Trinajstić information content (AvgIpc) is 2.05. The van der Waals surface area contributed by atoms with Crippen LogP contribution in [0.4, 0.5) is 5.69 Å². The lowest BCUT2D eigenvalue weighted by molar-refractivity contribution is -0.385. The highest BCUT2D eigenvalue weighted by Gasteiger charge is 2.02. The maximum absolute atomic E-state index is 10.1. The highest BCUT2D eigenvalue weighted by molar-refractivity contribution is 7.80. The van der Waals surface area contributed by atoms with Gasteiger partial charge < -0.3 is 4.84 Å². The van der Waals surface area contributed by atoms with Crippen LogP contribution < -0.4 is 5.90 Å². The molecule has 72 valence electrons. The summed E-state index contributed by atoms with van der Waals surface area (Å²) in [7, 11) is 1.40. The van der Waals surface area contributed by atoms with Gasteiger partial charge in [-0.25, -0.2) is 5.90 Å². The Balaban J connectivity index is 0.000000424. The van der Waals surface area contributed by atoms with Gasteiger partial charge in [-0.1, -0.05) is 6.07 Å². The molecule has 0 heterocycles. The fraction of sp³-hybridized carbons (Fsp3) is 0.143. The van der Waals surface area contributed by atoms with E-state index in [9.17, 15) is 10.1 Å². The SMILES string of the molecule is CON.O=[N+]([O-])c1cccc(S)c1. The van der Waals surface area contributed by atoms with Crippen molar-refractivity contribution in [2.75, 3.05) is 7.11 Å². The third kappa shape index (κ3) is 5.18. The first-order chi connectivity index (χ1) is 6.11. The number of benzene rings is 1. The molecule has 0 aliphatic carbocycles. The van der Waals surface area contributed by atoms with E-state index < -0.39 is 4.92 Å². The molecule has 0 fully saturated rings. The minimum atomic E-state index is -0.445. The molecular formula is C7H10N2O3S. The van der Waals surface area contributed by atoms with Crippen LogP contribution in [0.15, 0.2) is 29.2 Å². The molecule has 6 heteroatoms. The molecule has 0 atom stereocenters. The van der Waals surface area contributed by atoms with E-state index in [-0.39, 0.29) is 5.69 Å². The molecule has 1 rings (SSSR count). The molecule has 0 aromatic heterocycles. The summed E-state index contributed by atoms with van der Waals surface area (Å²) in [5.74, 6) is 4.35. The van der Waals surface area contributed by atoms with Crippen LogP contribution in [0.5, 0.6) is 0 Å². The van der Waals surface area contributed by atoms with Gasteiger partial charge in [0.1, 0.15) is 0 Å². The lowest BCUT2D eigenvalue weighted by Gasteiger charge is -1.90. The van der Waals surface area contributed by atoms with Gasteiger partial charge in [0.05, 0.1) is 12.0 Å². The second-order valence-corrected chi connectivity index (χ2v) is 2.53. The van der Waals surface area contributed by atoms with Gasteiger partial charge in [0.25, 0.3) is 5.69 Å². The smallest absolute Gasteiger partial charge is 0.270 e. The number of non-ortho nitro benzene ring substituents is 1. The molecule has 0 bridgehead atoms. The van der Waals surface area contributed by atoms with E-state index in [1.807, 2.05) is 0 Å². The van der Waals surface area contributed by atoms with Crippen molar-refractivity contribution >= 4 is 18.3 Å². The molecule has 0 radical (unpaired) electrons. The predicted molar refractivity (Wildman–Crippen MR) is 51.5 cm³/mol. The van der Waals surface area contributed by atoms with Crippen LogP contribution in [0.2, 0.25) is 0 Å². The first kappa shape index (κ1) is 11.9. The maximum atomic E-state index is 10.1. The number of nitro benzene ring substituents is 1. The number of rotatable bonds is 1.